The Labute approximate surface area is 90.5 Å². The molecule has 2 nitrogen and oxygen atoms in total. The van der Waals surface area contributed by atoms with E-state index in [0.717, 1.165) is 19.5 Å². The molecule has 3 aliphatic heterocycles. The van der Waals surface area contributed by atoms with Crippen molar-refractivity contribution in [3.63, 3.8) is 0 Å². The molecule has 1 aromatic rings. The summed E-state index contributed by atoms with van der Waals surface area (Å²) in [4.78, 5) is 2.39. The number of fused-ring (bicyclic) bond motifs is 3. The van der Waals surface area contributed by atoms with Crippen LogP contribution in [0.1, 0.15) is 17.9 Å². The standard InChI is InChI=1S/C13H17NO/c15-13-9-14-7-6-11(13)12(8-14)10-4-2-1-3-5-10/h1-5,11-13,15H,6-9H2/t11-,12+,13-/m0/s1. The summed E-state index contributed by atoms with van der Waals surface area (Å²) in [6, 6.07) is 10.6. The number of rotatable bonds is 1. The van der Waals surface area contributed by atoms with Gasteiger partial charge in [0.15, 0.2) is 0 Å². The van der Waals surface area contributed by atoms with E-state index in [1.165, 1.54) is 12.1 Å². The quantitative estimate of drug-likeness (QED) is 0.747. The minimum atomic E-state index is -0.113. The molecule has 15 heavy (non-hydrogen) atoms. The van der Waals surface area contributed by atoms with Crippen molar-refractivity contribution in [2.45, 2.75) is 18.4 Å². The first kappa shape index (κ1) is 9.37. The molecule has 4 atom stereocenters. The number of hydrogen-bond donors (Lipinski definition) is 1. The van der Waals surface area contributed by atoms with E-state index in [1.807, 2.05) is 0 Å². The lowest BCUT2D eigenvalue weighted by Crippen LogP contribution is -2.54. The van der Waals surface area contributed by atoms with Crippen molar-refractivity contribution >= 4 is 0 Å². The van der Waals surface area contributed by atoms with E-state index in [2.05, 4.69) is 35.2 Å². The Kier molecular flexibility index (Phi) is 2.26. The van der Waals surface area contributed by atoms with E-state index in [9.17, 15) is 5.11 Å². The van der Waals surface area contributed by atoms with Gasteiger partial charge in [-0.3, -0.25) is 0 Å². The van der Waals surface area contributed by atoms with Gasteiger partial charge in [-0.2, -0.15) is 0 Å². The second kappa shape index (κ2) is 3.62. The molecular weight excluding hydrogens is 186 g/mol. The second-order valence-corrected chi connectivity index (χ2v) is 4.80. The maximum absolute atomic E-state index is 9.99. The summed E-state index contributed by atoms with van der Waals surface area (Å²) >= 11 is 0. The van der Waals surface area contributed by atoms with Gasteiger partial charge < -0.3 is 10.0 Å². The van der Waals surface area contributed by atoms with Crippen molar-refractivity contribution in [2.75, 3.05) is 19.6 Å². The van der Waals surface area contributed by atoms with Crippen LogP contribution in [0.5, 0.6) is 0 Å². The molecule has 1 unspecified atom stereocenters. The molecule has 0 aliphatic carbocycles. The van der Waals surface area contributed by atoms with Crippen LogP contribution in [0.25, 0.3) is 0 Å². The third-order valence-corrected chi connectivity index (χ3v) is 3.92. The number of aliphatic hydroxyl groups excluding tert-OH is 1. The van der Waals surface area contributed by atoms with Crippen LogP contribution in [0.3, 0.4) is 0 Å². The zero-order valence-corrected chi connectivity index (χ0v) is 8.84. The molecule has 0 saturated carbocycles. The molecule has 0 amide bonds. The molecule has 80 valence electrons. The monoisotopic (exact) mass is 203 g/mol. The Balaban J connectivity index is 1.88. The van der Waals surface area contributed by atoms with Crippen LogP contribution in [0.2, 0.25) is 0 Å². The molecule has 3 saturated heterocycles. The van der Waals surface area contributed by atoms with Crippen molar-refractivity contribution < 1.29 is 5.11 Å². The molecule has 1 aromatic carbocycles. The number of nitrogens with zero attached hydrogens (tertiary/aromatic N) is 1. The minimum Gasteiger partial charge on any atom is -0.391 e. The molecule has 2 bridgehead atoms. The zero-order valence-electron chi connectivity index (χ0n) is 8.84. The van der Waals surface area contributed by atoms with Crippen LogP contribution in [0, 0.1) is 5.92 Å². The summed E-state index contributed by atoms with van der Waals surface area (Å²) in [6.45, 7) is 3.19. The van der Waals surface area contributed by atoms with Crippen molar-refractivity contribution in [3.8, 4) is 0 Å². The van der Waals surface area contributed by atoms with Gasteiger partial charge in [0.2, 0.25) is 0 Å². The van der Waals surface area contributed by atoms with Gasteiger partial charge in [0, 0.05) is 19.0 Å². The summed E-state index contributed by atoms with van der Waals surface area (Å²) < 4.78 is 0. The van der Waals surface area contributed by atoms with E-state index in [1.54, 1.807) is 0 Å². The lowest BCUT2D eigenvalue weighted by atomic mass is 9.74. The van der Waals surface area contributed by atoms with E-state index in [4.69, 9.17) is 0 Å². The zero-order chi connectivity index (χ0) is 10.3. The fourth-order valence-corrected chi connectivity index (χ4v) is 3.12. The maximum atomic E-state index is 9.99. The van der Waals surface area contributed by atoms with Gasteiger partial charge in [-0.25, -0.2) is 0 Å². The molecular formula is C13H17NO. The molecule has 4 rings (SSSR count). The second-order valence-electron chi connectivity index (χ2n) is 4.80. The maximum Gasteiger partial charge on any atom is 0.0702 e. The summed E-state index contributed by atoms with van der Waals surface area (Å²) in [5, 5.41) is 9.99. The summed E-state index contributed by atoms with van der Waals surface area (Å²) in [7, 11) is 0. The summed E-state index contributed by atoms with van der Waals surface area (Å²) in [5.41, 5.74) is 1.39. The number of aliphatic hydroxyl groups is 1. The van der Waals surface area contributed by atoms with E-state index >= 15 is 0 Å². The van der Waals surface area contributed by atoms with Gasteiger partial charge in [0.05, 0.1) is 6.10 Å². The SMILES string of the molecule is O[C@H]1CN2CC[C@H]1[C@@H](c1ccccc1)C2. The van der Waals surface area contributed by atoms with Crippen molar-refractivity contribution in [1.82, 2.24) is 4.90 Å². The Morgan fingerprint density at radius 3 is 2.60 bits per heavy atom. The van der Waals surface area contributed by atoms with Crippen molar-refractivity contribution in [2.24, 2.45) is 5.92 Å². The fraction of sp³-hybridized carbons (Fsp3) is 0.538. The topological polar surface area (TPSA) is 23.5 Å². The van der Waals surface area contributed by atoms with E-state index < -0.39 is 0 Å². The normalized spacial score (nSPS) is 39.3. The molecule has 3 heterocycles. The van der Waals surface area contributed by atoms with E-state index in [0.29, 0.717) is 11.8 Å². The number of piperidine rings is 3. The lowest BCUT2D eigenvalue weighted by Gasteiger charge is -2.48. The third-order valence-electron chi connectivity index (χ3n) is 3.92. The Morgan fingerprint density at radius 1 is 1.13 bits per heavy atom. The number of hydrogen-bond acceptors (Lipinski definition) is 2. The average molecular weight is 203 g/mol. The minimum absolute atomic E-state index is 0.113. The van der Waals surface area contributed by atoms with Crippen LogP contribution >= 0.6 is 0 Å². The highest BCUT2D eigenvalue weighted by molar-refractivity contribution is 5.23. The predicted molar refractivity (Wildman–Crippen MR) is 59.7 cm³/mol. The molecule has 0 spiro atoms. The highest BCUT2D eigenvalue weighted by atomic mass is 16.3. The van der Waals surface area contributed by atoms with Gasteiger partial charge in [0.25, 0.3) is 0 Å². The largest absolute Gasteiger partial charge is 0.391 e. The Bertz CT molecular complexity index is 338. The van der Waals surface area contributed by atoms with Gasteiger partial charge in [0.1, 0.15) is 0 Å². The number of benzene rings is 1. The first-order chi connectivity index (χ1) is 7.34. The van der Waals surface area contributed by atoms with Crippen LogP contribution < -0.4 is 0 Å². The fourth-order valence-electron chi connectivity index (χ4n) is 3.12. The van der Waals surface area contributed by atoms with Crippen LogP contribution in [0.4, 0.5) is 0 Å². The van der Waals surface area contributed by atoms with Crippen molar-refractivity contribution in [3.05, 3.63) is 35.9 Å². The molecule has 2 heteroatoms. The Morgan fingerprint density at radius 2 is 1.93 bits per heavy atom. The summed E-state index contributed by atoms with van der Waals surface area (Å²) in [5.74, 6) is 1.03. The average Bonchev–Trinajstić information content (AvgIpc) is 2.30. The first-order valence-electron chi connectivity index (χ1n) is 5.80. The van der Waals surface area contributed by atoms with Crippen LogP contribution in [0.15, 0.2) is 30.3 Å². The summed E-state index contributed by atoms with van der Waals surface area (Å²) in [6.07, 6.45) is 1.04. The first-order valence-corrected chi connectivity index (χ1v) is 5.80. The van der Waals surface area contributed by atoms with Gasteiger partial charge >= 0.3 is 0 Å². The van der Waals surface area contributed by atoms with Crippen LogP contribution in [-0.4, -0.2) is 35.7 Å². The van der Waals surface area contributed by atoms with Gasteiger partial charge in [-0.15, -0.1) is 0 Å². The smallest absolute Gasteiger partial charge is 0.0702 e. The highest BCUT2D eigenvalue weighted by Gasteiger charge is 2.40. The molecule has 0 radical (unpaired) electrons. The van der Waals surface area contributed by atoms with Gasteiger partial charge in [-0.1, -0.05) is 30.3 Å². The molecule has 0 aromatic heterocycles. The lowest BCUT2D eigenvalue weighted by molar-refractivity contribution is -0.0373. The molecule has 3 fully saturated rings. The van der Waals surface area contributed by atoms with E-state index in [-0.39, 0.29) is 6.10 Å². The predicted octanol–water partition coefficient (Wildman–Crippen LogP) is 1.47. The van der Waals surface area contributed by atoms with Crippen LogP contribution in [-0.2, 0) is 0 Å². The third kappa shape index (κ3) is 1.58. The van der Waals surface area contributed by atoms with Crippen molar-refractivity contribution in [1.29, 1.82) is 0 Å². The molecule has 3 aliphatic rings. The van der Waals surface area contributed by atoms with Gasteiger partial charge in [-0.05, 0) is 24.4 Å². The molecule has 1 N–H and O–H groups in total. The Hall–Kier alpha value is -0.860. The highest BCUT2D eigenvalue weighted by Crippen LogP contribution is 2.38.